The maximum Gasteiger partial charge on any atom is 0.260 e. The number of likely N-dealkylation sites (tertiary alicyclic amines) is 1. The highest BCUT2D eigenvalue weighted by atomic mass is 19.3. The van der Waals surface area contributed by atoms with Gasteiger partial charge >= 0.3 is 0 Å². The van der Waals surface area contributed by atoms with E-state index >= 15 is 0 Å². The molecule has 0 atom stereocenters. The van der Waals surface area contributed by atoms with Crippen LogP contribution in [0.1, 0.15) is 52.9 Å². The van der Waals surface area contributed by atoms with Crippen LogP contribution in [-0.2, 0) is 0 Å². The topological polar surface area (TPSA) is 3.24 Å². The fourth-order valence-electron chi connectivity index (χ4n) is 1.82. The van der Waals surface area contributed by atoms with Gasteiger partial charge in [-0.1, -0.05) is 33.6 Å². The summed E-state index contributed by atoms with van der Waals surface area (Å²) >= 11 is 0. The SMILES string of the molecule is CC.CCCCCN1CCCC(F)(F)C1. The molecule has 0 saturated carbocycles. The van der Waals surface area contributed by atoms with E-state index in [0.717, 1.165) is 32.4 Å². The molecule has 1 aliphatic heterocycles. The number of hydrogen-bond acceptors (Lipinski definition) is 1. The van der Waals surface area contributed by atoms with Gasteiger partial charge in [0, 0.05) is 6.42 Å². The maximum absolute atomic E-state index is 12.9. The van der Waals surface area contributed by atoms with Crippen molar-refractivity contribution in [3.05, 3.63) is 0 Å². The molecule has 0 radical (unpaired) electrons. The number of rotatable bonds is 4. The molecule has 0 aliphatic carbocycles. The summed E-state index contributed by atoms with van der Waals surface area (Å²) in [5, 5.41) is 0. The van der Waals surface area contributed by atoms with E-state index in [1.807, 2.05) is 18.7 Å². The fourth-order valence-corrected chi connectivity index (χ4v) is 1.82. The molecule has 1 fully saturated rings. The molecule has 92 valence electrons. The summed E-state index contributed by atoms with van der Waals surface area (Å²) in [5.41, 5.74) is 0. The predicted molar refractivity (Wildman–Crippen MR) is 61.5 cm³/mol. The number of unbranched alkanes of at least 4 members (excludes halogenated alkanes) is 2. The second-order valence-electron chi connectivity index (χ2n) is 3.94. The lowest BCUT2D eigenvalue weighted by molar-refractivity contribution is -0.0640. The zero-order valence-corrected chi connectivity index (χ0v) is 10.4. The fraction of sp³-hybridized carbons (Fsp3) is 1.00. The molecule has 0 unspecified atom stereocenters. The van der Waals surface area contributed by atoms with Gasteiger partial charge in [0.25, 0.3) is 5.92 Å². The minimum Gasteiger partial charge on any atom is -0.297 e. The van der Waals surface area contributed by atoms with E-state index in [9.17, 15) is 8.78 Å². The quantitative estimate of drug-likeness (QED) is 0.650. The maximum atomic E-state index is 12.9. The first-order valence-electron chi connectivity index (χ1n) is 6.24. The molecule has 1 rings (SSSR count). The number of hydrogen-bond donors (Lipinski definition) is 0. The third-order valence-corrected chi connectivity index (χ3v) is 2.55. The Kier molecular flexibility index (Phi) is 7.93. The van der Waals surface area contributed by atoms with E-state index in [4.69, 9.17) is 0 Å². The molecule has 0 aromatic rings. The minimum absolute atomic E-state index is 0.0171. The number of nitrogens with zero attached hydrogens (tertiary/aromatic N) is 1. The summed E-state index contributed by atoms with van der Waals surface area (Å²) in [6, 6.07) is 0. The number of halogens is 2. The van der Waals surface area contributed by atoms with Crippen molar-refractivity contribution < 1.29 is 8.78 Å². The average Bonchev–Trinajstić information content (AvgIpc) is 2.20. The number of alkyl halides is 2. The average molecular weight is 221 g/mol. The molecular weight excluding hydrogens is 196 g/mol. The van der Waals surface area contributed by atoms with E-state index in [0.29, 0.717) is 6.42 Å². The molecule has 3 heteroatoms. The molecule has 0 spiro atoms. The highest BCUT2D eigenvalue weighted by Gasteiger charge is 2.34. The van der Waals surface area contributed by atoms with Gasteiger partial charge in [-0.25, -0.2) is 8.78 Å². The highest BCUT2D eigenvalue weighted by molar-refractivity contribution is 4.78. The molecule has 1 saturated heterocycles. The van der Waals surface area contributed by atoms with Crippen molar-refractivity contribution in [2.45, 2.75) is 58.8 Å². The van der Waals surface area contributed by atoms with Crippen molar-refractivity contribution in [3.63, 3.8) is 0 Å². The first-order valence-corrected chi connectivity index (χ1v) is 6.24. The van der Waals surface area contributed by atoms with Crippen molar-refractivity contribution in [1.82, 2.24) is 4.90 Å². The first-order chi connectivity index (χ1) is 7.14. The van der Waals surface area contributed by atoms with Gasteiger partial charge in [0.15, 0.2) is 0 Å². The summed E-state index contributed by atoms with van der Waals surface area (Å²) in [5.74, 6) is -2.43. The van der Waals surface area contributed by atoms with Crippen molar-refractivity contribution in [3.8, 4) is 0 Å². The Morgan fingerprint density at radius 3 is 2.40 bits per heavy atom. The summed E-state index contributed by atoms with van der Waals surface area (Å²) in [7, 11) is 0. The van der Waals surface area contributed by atoms with Gasteiger partial charge < -0.3 is 0 Å². The molecule has 0 aromatic carbocycles. The molecule has 0 bridgehead atoms. The Balaban J connectivity index is 0.000000921. The van der Waals surface area contributed by atoms with Crippen LogP contribution in [0.25, 0.3) is 0 Å². The summed E-state index contributed by atoms with van der Waals surface area (Å²) in [6.07, 6.45) is 4.11. The molecule has 15 heavy (non-hydrogen) atoms. The van der Waals surface area contributed by atoms with E-state index in [-0.39, 0.29) is 13.0 Å². The van der Waals surface area contributed by atoms with Crippen molar-refractivity contribution in [2.75, 3.05) is 19.6 Å². The minimum atomic E-state index is -2.43. The van der Waals surface area contributed by atoms with E-state index in [2.05, 4.69) is 6.92 Å². The Hall–Kier alpha value is -0.180. The number of piperidine rings is 1. The Morgan fingerprint density at radius 2 is 1.87 bits per heavy atom. The van der Waals surface area contributed by atoms with Gasteiger partial charge in [0.05, 0.1) is 6.54 Å². The van der Waals surface area contributed by atoms with E-state index in [1.54, 1.807) is 0 Å². The Morgan fingerprint density at radius 1 is 1.20 bits per heavy atom. The summed E-state index contributed by atoms with van der Waals surface area (Å²) in [4.78, 5) is 1.90. The van der Waals surface area contributed by atoms with Crippen LogP contribution in [0.2, 0.25) is 0 Å². The van der Waals surface area contributed by atoms with Gasteiger partial charge in [-0.15, -0.1) is 0 Å². The van der Waals surface area contributed by atoms with Crippen LogP contribution >= 0.6 is 0 Å². The summed E-state index contributed by atoms with van der Waals surface area (Å²) < 4.78 is 25.8. The van der Waals surface area contributed by atoms with Gasteiger partial charge in [0.2, 0.25) is 0 Å². The van der Waals surface area contributed by atoms with Gasteiger partial charge in [0.1, 0.15) is 0 Å². The predicted octanol–water partition coefficient (Wildman–Crippen LogP) is 3.93. The summed E-state index contributed by atoms with van der Waals surface area (Å²) in [6.45, 7) is 7.82. The van der Waals surface area contributed by atoms with Crippen LogP contribution in [0.4, 0.5) is 8.78 Å². The molecular formula is C12H25F2N. The third kappa shape index (κ3) is 6.82. The van der Waals surface area contributed by atoms with Crippen molar-refractivity contribution in [2.24, 2.45) is 0 Å². The first kappa shape index (κ1) is 14.8. The van der Waals surface area contributed by atoms with Crippen LogP contribution in [0.3, 0.4) is 0 Å². The molecule has 0 amide bonds. The zero-order valence-electron chi connectivity index (χ0n) is 10.4. The smallest absolute Gasteiger partial charge is 0.260 e. The van der Waals surface area contributed by atoms with Crippen LogP contribution in [0.5, 0.6) is 0 Å². The van der Waals surface area contributed by atoms with Crippen LogP contribution in [0.15, 0.2) is 0 Å². The van der Waals surface area contributed by atoms with Crippen molar-refractivity contribution in [1.29, 1.82) is 0 Å². The normalized spacial score (nSPS) is 20.6. The molecule has 1 nitrogen and oxygen atoms in total. The monoisotopic (exact) mass is 221 g/mol. The molecule has 1 aliphatic rings. The molecule has 1 heterocycles. The second kappa shape index (κ2) is 8.03. The van der Waals surface area contributed by atoms with Crippen molar-refractivity contribution >= 4 is 0 Å². The van der Waals surface area contributed by atoms with Gasteiger partial charge in [-0.05, 0) is 25.9 Å². The largest absolute Gasteiger partial charge is 0.297 e. The van der Waals surface area contributed by atoms with Gasteiger partial charge in [-0.3, -0.25) is 4.90 Å². The highest BCUT2D eigenvalue weighted by Crippen LogP contribution is 2.26. The van der Waals surface area contributed by atoms with E-state index in [1.165, 1.54) is 0 Å². The Bertz CT molecular complexity index is 149. The Labute approximate surface area is 92.8 Å². The van der Waals surface area contributed by atoms with Crippen LogP contribution in [0, 0.1) is 0 Å². The third-order valence-electron chi connectivity index (χ3n) is 2.55. The lowest BCUT2D eigenvalue weighted by Crippen LogP contribution is -2.42. The molecule has 0 N–H and O–H groups in total. The van der Waals surface area contributed by atoms with Crippen LogP contribution in [-0.4, -0.2) is 30.5 Å². The lowest BCUT2D eigenvalue weighted by atomic mass is 10.1. The second-order valence-corrected chi connectivity index (χ2v) is 3.94. The lowest BCUT2D eigenvalue weighted by Gasteiger charge is -2.32. The van der Waals surface area contributed by atoms with Gasteiger partial charge in [-0.2, -0.15) is 0 Å². The standard InChI is InChI=1S/C10H19F2N.C2H6/c1-2-3-4-7-13-8-5-6-10(11,12)9-13;1-2/h2-9H2,1H3;1-2H3. The zero-order chi connectivity index (χ0) is 11.7. The van der Waals surface area contributed by atoms with Crippen LogP contribution < -0.4 is 0 Å². The molecule has 0 aromatic heterocycles. The van der Waals surface area contributed by atoms with E-state index < -0.39 is 5.92 Å².